The van der Waals surface area contributed by atoms with Crippen molar-refractivity contribution in [3.63, 3.8) is 0 Å². The summed E-state index contributed by atoms with van der Waals surface area (Å²) in [4.78, 5) is 4.82. The van der Waals surface area contributed by atoms with E-state index in [1.165, 1.54) is 5.56 Å². The first-order valence-corrected chi connectivity index (χ1v) is 9.51. The molecule has 4 rings (SSSR count). The number of ether oxygens (including phenoxy) is 1. The summed E-state index contributed by atoms with van der Waals surface area (Å²) >= 11 is 11.9. The van der Waals surface area contributed by atoms with E-state index < -0.39 is 0 Å². The molecule has 0 aliphatic carbocycles. The van der Waals surface area contributed by atoms with Gasteiger partial charge >= 0.3 is 0 Å². The van der Waals surface area contributed by atoms with Gasteiger partial charge in [0.2, 0.25) is 0 Å². The van der Waals surface area contributed by atoms with Crippen LogP contribution in [0.5, 0.6) is 5.75 Å². The summed E-state index contributed by atoms with van der Waals surface area (Å²) in [5, 5.41) is 1.44. The van der Waals surface area contributed by atoms with Crippen LogP contribution >= 0.6 is 23.2 Å². The van der Waals surface area contributed by atoms with Crippen molar-refractivity contribution in [1.29, 1.82) is 0 Å². The van der Waals surface area contributed by atoms with Crippen LogP contribution in [-0.2, 0) is 13.0 Å². The van der Waals surface area contributed by atoms with Gasteiger partial charge in [-0.3, -0.25) is 0 Å². The highest BCUT2D eigenvalue weighted by Crippen LogP contribution is 2.20. The average molecular weight is 397 g/mol. The number of hydrogen-bond acceptors (Lipinski definition) is 2. The Hall–Kier alpha value is -2.49. The molecule has 4 aromatic rings. The van der Waals surface area contributed by atoms with Gasteiger partial charge < -0.3 is 9.30 Å². The predicted molar refractivity (Wildman–Crippen MR) is 111 cm³/mol. The Morgan fingerprint density at radius 2 is 1.48 bits per heavy atom. The topological polar surface area (TPSA) is 27.1 Å². The van der Waals surface area contributed by atoms with Crippen molar-refractivity contribution in [2.75, 3.05) is 6.61 Å². The van der Waals surface area contributed by atoms with E-state index in [9.17, 15) is 0 Å². The Morgan fingerprint density at radius 3 is 2.22 bits per heavy atom. The molecule has 0 spiro atoms. The van der Waals surface area contributed by atoms with E-state index in [1.807, 2.05) is 66.7 Å². The molecule has 0 aliphatic heterocycles. The van der Waals surface area contributed by atoms with Crippen molar-refractivity contribution in [2.24, 2.45) is 0 Å². The zero-order chi connectivity index (χ0) is 18.6. The first kappa shape index (κ1) is 17.9. The highest BCUT2D eigenvalue weighted by Gasteiger charge is 2.11. The third kappa shape index (κ3) is 4.26. The van der Waals surface area contributed by atoms with Crippen LogP contribution in [0.3, 0.4) is 0 Å². The van der Waals surface area contributed by atoms with Crippen LogP contribution in [0.4, 0.5) is 0 Å². The van der Waals surface area contributed by atoms with Gasteiger partial charge in [-0.25, -0.2) is 4.98 Å². The standard InChI is InChI=1S/C22H18Cl2N2O/c23-17-7-5-16(6-8-17)15-22-25-20-3-1-2-4-21(20)26(22)13-14-27-19-11-9-18(24)10-12-19/h1-12H,13-15H2. The quantitative estimate of drug-likeness (QED) is 0.398. The summed E-state index contributed by atoms with van der Waals surface area (Å²) in [7, 11) is 0. The van der Waals surface area contributed by atoms with Gasteiger partial charge in [-0.1, -0.05) is 47.5 Å². The molecular formula is C22H18Cl2N2O. The van der Waals surface area contributed by atoms with Gasteiger partial charge in [0.15, 0.2) is 0 Å². The first-order valence-electron chi connectivity index (χ1n) is 8.76. The lowest BCUT2D eigenvalue weighted by molar-refractivity contribution is 0.298. The lowest BCUT2D eigenvalue weighted by atomic mass is 10.1. The zero-order valence-corrected chi connectivity index (χ0v) is 16.1. The molecule has 1 heterocycles. The van der Waals surface area contributed by atoms with Crippen molar-refractivity contribution in [3.8, 4) is 5.75 Å². The highest BCUT2D eigenvalue weighted by molar-refractivity contribution is 6.30. The Morgan fingerprint density at radius 1 is 0.815 bits per heavy atom. The molecule has 0 saturated carbocycles. The van der Waals surface area contributed by atoms with Gasteiger partial charge in [0.05, 0.1) is 17.6 Å². The number of halogens is 2. The van der Waals surface area contributed by atoms with Crippen molar-refractivity contribution < 1.29 is 4.74 Å². The molecule has 0 saturated heterocycles. The largest absolute Gasteiger partial charge is 0.492 e. The van der Waals surface area contributed by atoms with Crippen LogP contribution in [0, 0.1) is 0 Å². The third-order valence-electron chi connectivity index (χ3n) is 4.41. The third-order valence-corrected chi connectivity index (χ3v) is 4.91. The molecule has 27 heavy (non-hydrogen) atoms. The Kier molecular flexibility index (Phi) is 5.33. The number of nitrogens with zero attached hydrogens (tertiary/aromatic N) is 2. The minimum Gasteiger partial charge on any atom is -0.492 e. The van der Waals surface area contributed by atoms with Crippen molar-refractivity contribution >= 4 is 34.2 Å². The van der Waals surface area contributed by atoms with Crippen LogP contribution in [0.15, 0.2) is 72.8 Å². The maximum absolute atomic E-state index is 6.00. The molecule has 0 aliphatic rings. The van der Waals surface area contributed by atoms with E-state index in [0.717, 1.165) is 34.1 Å². The molecule has 136 valence electrons. The average Bonchev–Trinajstić information content (AvgIpc) is 3.02. The molecule has 0 fully saturated rings. The lowest BCUT2D eigenvalue weighted by Gasteiger charge is -2.11. The number of benzene rings is 3. The molecular weight excluding hydrogens is 379 g/mol. The SMILES string of the molecule is Clc1ccc(Cc2nc3ccccc3n2CCOc2ccc(Cl)cc2)cc1. The molecule has 3 aromatic carbocycles. The van der Waals surface area contributed by atoms with Gasteiger partial charge in [0, 0.05) is 16.5 Å². The fourth-order valence-corrected chi connectivity index (χ4v) is 3.33. The fourth-order valence-electron chi connectivity index (χ4n) is 3.08. The van der Waals surface area contributed by atoms with E-state index in [2.05, 4.69) is 10.6 Å². The Labute approximate surface area is 168 Å². The minimum absolute atomic E-state index is 0.551. The predicted octanol–water partition coefficient (Wildman–Crippen LogP) is 6.01. The van der Waals surface area contributed by atoms with Gasteiger partial charge in [-0.15, -0.1) is 0 Å². The maximum Gasteiger partial charge on any atom is 0.119 e. The van der Waals surface area contributed by atoms with Gasteiger partial charge in [0.25, 0.3) is 0 Å². The fraction of sp³-hybridized carbons (Fsp3) is 0.136. The highest BCUT2D eigenvalue weighted by atomic mass is 35.5. The molecule has 0 bridgehead atoms. The Bertz CT molecular complexity index is 1040. The van der Waals surface area contributed by atoms with Gasteiger partial charge in [0.1, 0.15) is 18.2 Å². The lowest BCUT2D eigenvalue weighted by Crippen LogP contribution is -2.11. The van der Waals surface area contributed by atoms with Crippen LogP contribution in [0.1, 0.15) is 11.4 Å². The molecule has 0 amide bonds. The molecule has 0 radical (unpaired) electrons. The summed E-state index contributed by atoms with van der Waals surface area (Å²) in [6.07, 6.45) is 0.743. The summed E-state index contributed by atoms with van der Waals surface area (Å²) in [5.74, 6) is 1.82. The second-order valence-electron chi connectivity index (χ2n) is 6.27. The monoisotopic (exact) mass is 396 g/mol. The van der Waals surface area contributed by atoms with Crippen molar-refractivity contribution in [2.45, 2.75) is 13.0 Å². The summed E-state index contributed by atoms with van der Waals surface area (Å²) in [6, 6.07) is 23.5. The molecule has 0 atom stereocenters. The van der Waals surface area contributed by atoms with Crippen molar-refractivity contribution in [1.82, 2.24) is 9.55 Å². The van der Waals surface area contributed by atoms with E-state index in [4.69, 9.17) is 32.9 Å². The van der Waals surface area contributed by atoms with Gasteiger partial charge in [-0.2, -0.15) is 0 Å². The molecule has 3 nitrogen and oxygen atoms in total. The van der Waals surface area contributed by atoms with Crippen LogP contribution in [0.25, 0.3) is 11.0 Å². The van der Waals surface area contributed by atoms with E-state index in [1.54, 1.807) is 0 Å². The van der Waals surface area contributed by atoms with E-state index in [0.29, 0.717) is 18.2 Å². The molecule has 5 heteroatoms. The summed E-state index contributed by atoms with van der Waals surface area (Å²) < 4.78 is 8.10. The van der Waals surface area contributed by atoms with Gasteiger partial charge in [-0.05, 0) is 54.1 Å². The number of rotatable bonds is 6. The second kappa shape index (κ2) is 8.03. The van der Waals surface area contributed by atoms with E-state index >= 15 is 0 Å². The van der Waals surface area contributed by atoms with Crippen LogP contribution in [-0.4, -0.2) is 16.2 Å². The zero-order valence-electron chi connectivity index (χ0n) is 14.6. The maximum atomic E-state index is 6.00. The number of hydrogen-bond donors (Lipinski definition) is 0. The number of aromatic nitrogens is 2. The number of para-hydroxylation sites is 2. The molecule has 1 aromatic heterocycles. The molecule has 0 unspecified atom stereocenters. The van der Waals surface area contributed by atoms with Crippen molar-refractivity contribution in [3.05, 3.63) is 94.2 Å². The smallest absolute Gasteiger partial charge is 0.119 e. The normalized spacial score (nSPS) is 11.0. The number of fused-ring (bicyclic) bond motifs is 1. The summed E-state index contributed by atoms with van der Waals surface area (Å²) in [6.45, 7) is 1.27. The Balaban J connectivity index is 1.56. The molecule has 0 N–H and O–H groups in total. The van der Waals surface area contributed by atoms with Crippen LogP contribution in [0.2, 0.25) is 10.0 Å². The second-order valence-corrected chi connectivity index (χ2v) is 7.15. The minimum atomic E-state index is 0.551. The first-order chi connectivity index (χ1) is 13.2. The van der Waals surface area contributed by atoms with E-state index in [-0.39, 0.29) is 0 Å². The van der Waals surface area contributed by atoms with Crippen LogP contribution < -0.4 is 4.74 Å². The number of imidazole rings is 1. The summed E-state index contributed by atoms with van der Waals surface area (Å²) in [5.41, 5.74) is 3.28.